The van der Waals surface area contributed by atoms with Crippen LogP contribution in [0.5, 0.6) is 0 Å². The average molecular weight is 284 g/mol. The number of sulfonamides is 1. The predicted octanol–water partition coefficient (Wildman–Crippen LogP) is 0.863. The van der Waals surface area contributed by atoms with Crippen LogP contribution in [0.2, 0.25) is 0 Å². The lowest BCUT2D eigenvalue weighted by atomic mass is 10.1. The first-order chi connectivity index (χ1) is 8.95. The van der Waals surface area contributed by atoms with Crippen LogP contribution < -0.4 is 5.73 Å². The summed E-state index contributed by atoms with van der Waals surface area (Å²) in [7, 11) is -3.46. The maximum atomic E-state index is 12.7. The Hall–Kier alpha value is -0.950. The third kappa shape index (κ3) is 2.97. The lowest BCUT2D eigenvalue weighted by Crippen LogP contribution is -2.44. The molecule has 2 rings (SSSR count). The van der Waals surface area contributed by atoms with E-state index in [-0.39, 0.29) is 6.10 Å². The van der Waals surface area contributed by atoms with Crippen molar-refractivity contribution in [1.29, 1.82) is 0 Å². The van der Waals surface area contributed by atoms with Gasteiger partial charge in [-0.15, -0.1) is 0 Å². The first kappa shape index (κ1) is 14.5. The molecule has 2 N–H and O–H groups in total. The van der Waals surface area contributed by atoms with Gasteiger partial charge in [0.2, 0.25) is 10.0 Å². The van der Waals surface area contributed by atoms with Gasteiger partial charge in [0.25, 0.3) is 0 Å². The topological polar surface area (TPSA) is 72.6 Å². The van der Waals surface area contributed by atoms with Crippen molar-refractivity contribution in [2.75, 3.05) is 19.7 Å². The van der Waals surface area contributed by atoms with Gasteiger partial charge in [-0.3, -0.25) is 0 Å². The molecular formula is C13H20N2O3S. The molecule has 0 bridgehead atoms. The molecule has 19 heavy (non-hydrogen) atoms. The SMILES string of the molecule is Cc1ccc(CN)cc1S(=O)(=O)N1CCOC(C)C1. The van der Waals surface area contributed by atoms with E-state index in [4.69, 9.17) is 10.5 Å². The van der Waals surface area contributed by atoms with Crippen molar-refractivity contribution in [1.82, 2.24) is 4.31 Å². The number of ether oxygens (including phenoxy) is 1. The van der Waals surface area contributed by atoms with E-state index in [0.717, 1.165) is 11.1 Å². The molecule has 1 saturated heterocycles. The Morgan fingerprint density at radius 2 is 2.21 bits per heavy atom. The Labute approximate surface area is 114 Å². The average Bonchev–Trinajstić information content (AvgIpc) is 2.39. The van der Waals surface area contributed by atoms with Gasteiger partial charge in [-0.05, 0) is 31.0 Å². The van der Waals surface area contributed by atoms with Crippen molar-refractivity contribution >= 4 is 10.0 Å². The molecule has 0 aromatic heterocycles. The van der Waals surface area contributed by atoms with Gasteiger partial charge in [0.05, 0.1) is 17.6 Å². The highest BCUT2D eigenvalue weighted by Gasteiger charge is 2.30. The standard InChI is InChI=1S/C13H20N2O3S/c1-10-3-4-12(8-14)7-13(10)19(16,17)15-5-6-18-11(2)9-15/h3-4,7,11H,5-6,8-9,14H2,1-2H3. The lowest BCUT2D eigenvalue weighted by Gasteiger charge is -2.30. The zero-order valence-electron chi connectivity index (χ0n) is 11.3. The van der Waals surface area contributed by atoms with Crippen LogP contribution >= 0.6 is 0 Å². The Balaban J connectivity index is 2.38. The normalized spacial score (nSPS) is 21.5. The summed E-state index contributed by atoms with van der Waals surface area (Å²) in [5, 5.41) is 0. The molecule has 1 aliphatic heterocycles. The largest absolute Gasteiger partial charge is 0.376 e. The number of hydrogen-bond donors (Lipinski definition) is 1. The highest BCUT2D eigenvalue weighted by molar-refractivity contribution is 7.89. The Bertz CT molecular complexity index is 557. The summed E-state index contributed by atoms with van der Waals surface area (Å²) in [5.41, 5.74) is 7.16. The maximum Gasteiger partial charge on any atom is 0.243 e. The summed E-state index contributed by atoms with van der Waals surface area (Å²) in [4.78, 5) is 0.351. The van der Waals surface area contributed by atoms with E-state index in [1.165, 1.54) is 4.31 Å². The smallest absolute Gasteiger partial charge is 0.243 e. The second kappa shape index (κ2) is 5.58. The molecule has 0 amide bonds. The van der Waals surface area contributed by atoms with Gasteiger partial charge in [-0.25, -0.2) is 8.42 Å². The number of nitrogens with zero attached hydrogens (tertiary/aromatic N) is 1. The van der Waals surface area contributed by atoms with Crippen molar-refractivity contribution in [3.8, 4) is 0 Å². The molecule has 106 valence electrons. The lowest BCUT2D eigenvalue weighted by molar-refractivity contribution is 0.0102. The number of aryl methyl sites for hydroxylation is 1. The molecule has 0 radical (unpaired) electrons. The molecule has 0 spiro atoms. The molecule has 6 heteroatoms. The van der Waals surface area contributed by atoms with E-state index in [0.29, 0.717) is 31.1 Å². The van der Waals surface area contributed by atoms with E-state index in [2.05, 4.69) is 0 Å². The summed E-state index contributed by atoms with van der Waals surface area (Å²) in [6.07, 6.45) is -0.0680. The van der Waals surface area contributed by atoms with Gasteiger partial charge >= 0.3 is 0 Å². The quantitative estimate of drug-likeness (QED) is 0.893. The molecule has 0 saturated carbocycles. The highest BCUT2D eigenvalue weighted by atomic mass is 32.2. The summed E-state index contributed by atoms with van der Waals surface area (Å²) >= 11 is 0. The van der Waals surface area contributed by atoms with Gasteiger partial charge in [-0.2, -0.15) is 4.31 Å². The molecule has 5 nitrogen and oxygen atoms in total. The van der Waals surface area contributed by atoms with Gasteiger partial charge < -0.3 is 10.5 Å². The number of morpholine rings is 1. The molecule has 1 aliphatic rings. The third-order valence-electron chi connectivity index (χ3n) is 3.31. The molecule has 1 atom stereocenters. The van der Waals surface area contributed by atoms with Gasteiger partial charge in [0.1, 0.15) is 0 Å². The van der Waals surface area contributed by atoms with E-state index in [1.807, 2.05) is 13.0 Å². The number of rotatable bonds is 3. The zero-order chi connectivity index (χ0) is 14.0. The molecule has 0 aliphatic carbocycles. The van der Waals surface area contributed by atoms with Crippen LogP contribution in [0.3, 0.4) is 0 Å². The molecule has 1 fully saturated rings. The fourth-order valence-electron chi connectivity index (χ4n) is 2.19. The molecule has 1 heterocycles. The van der Waals surface area contributed by atoms with Crippen molar-refractivity contribution < 1.29 is 13.2 Å². The minimum atomic E-state index is -3.46. The molecule has 1 unspecified atom stereocenters. The van der Waals surface area contributed by atoms with Crippen molar-refractivity contribution in [2.45, 2.75) is 31.4 Å². The van der Waals surface area contributed by atoms with Gasteiger partial charge in [-0.1, -0.05) is 12.1 Å². The van der Waals surface area contributed by atoms with Crippen molar-refractivity contribution in [3.05, 3.63) is 29.3 Å². The van der Waals surface area contributed by atoms with Crippen LogP contribution in [0, 0.1) is 6.92 Å². The molecule has 1 aromatic rings. The number of hydrogen-bond acceptors (Lipinski definition) is 4. The third-order valence-corrected chi connectivity index (χ3v) is 5.32. The summed E-state index contributed by atoms with van der Waals surface area (Å²) in [5.74, 6) is 0. The van der Waals surface area contributed by atoms with Crippen LogP contribution in [0.1, 0.15) is 18.1 Å². The zero-order valence-corrected chi connectivity index (χ0v) is 12.1. The second-order valence-electron chi connectivity index (χ2n) is 4.85. The summed E-state index contributed by atoms with van der Waals surface area (Å²) in [6, 6.07) is 5.33. The van der Waals surface area contributed by atoms with Gasteiger partial charge in [0, 0.05) is 19.6 Å². The molecule has 1 aromatic carbocycles. The Morgan fingerprint density at radius 3 is 2.84 bits per heavy atom. The van der Waals surface area contributed by atoms with E-state index in [9.17, 15) is 8.42 Å². The first-order valence-electron chi connectivity index (χ1n) is 6.36. The summed E-state index contributed by atoms with van der Waals surface area (Å²) < 4.78 is 32.2. The van der Waals surface area contributed by atoms with E-state index >= 15 is 0 Å². The number of benzene rings is 1. The first-order valence-corrected chi connectivity index (χ1v) is 7.80. The summed E-state index contributed by atoms with van der Waals surface area (Å²) in [6.45, 7) is 5.26. The maximum absolute atomic E-state index is 12.7. The highest BCUT2D eigenvalue weighted by Crippen LogP contribution is 2.23. The Kier molecular flexibility index (Phi) is 4.25. The monoisotopic (exact) mass is 284 g/mol. The fraction of sp³-hybridized carbons (Fsp3) is 0.538. The Morgan fingerprint density at radius 1 is 1.47 bits per heavy atom. The van der Waals surface area contributed by atoms with Crippen LogP contribution in [-0.4, -0.2) is 38.5 Å². The van der Waals surface area contributed by atoms with Crippen molar-refractivity contribution in [3.63, 3.8) is 0 Å². The van der Waals surface area contributed by atoms with E-state index in [1.54, 1.807) is 19.1 Å². The van der Waals surface area contributed by atoms with E-state index < -0.39 is 10.0 Å². The second-order valence-corrected chi connectivity index (χ2v) is 6.75. The van der Waals surface area contributed by atoms with Crippen LogP contribution in [0.25, 0.3) is 0 Å². The van der Waals surface area contributed by atoms with Gasteiger partial charge in [0.15, 0.2) is 0 Å². The van der Waals surface area contributed by atoms with Crippen LogP contribution in [0.15, 0.2) is 23.1 Å². The molecular weight excluding hydrogens is 264 g/mol. The van der Waals surface area contributed by atoms with Crippen LogP contribution in [0.4, 0.5) is 0 Å². The minimum absolute atomic E-state index is 0.0680. The van der Waals surface area contributed by atoms with Crippen LogP contribution in [-0.2, 0) is 21.3 Å². The predicted molar refractivity (Wildman–Crippen MR) is 73.2 cm³/mol. The van der Waals surface area contributed by atoms with Crippen molar-refractivity contribution in [2.24, 2.45) is 5.73 Å². The minimum Gasteiger partial charge on any atom is -0.376 e. The fourth-order valence-corrected chi connectivity index (χ4v) is 3.97. The number of nitrogens with two attached hydrogens (primary N) is 1.